The third-order valence-electron chi connectivity index (χ3n) is 3.78. The predicted octanol–water partition coefficient (Wildman–Crippen LogP) is 5.86. The summed E-state index contributed by atoms with van der Waals surface area (Å²) in [5.74, 6) is -0.493. The number of anilines is 1. The minimum absolute atomic E-state index is 0.0419. The number of rotatable bonds is 5. The van der Waals surface area contributed by atoms with Crippen molar-refractivity contribution in [3.8, 4) is 11.3 Å². The summed E-state index contributed by atoms with van der Waals surface area (Å²) in [7, 11) is 0. The number of thioether (sulfide) groups is 1. The molecule has 2 aromatic carbocycles. The fourth-order valence-electron chi connectivity index (χ4n) is 2.47. The van der Waals surface area contributed by atoms with Crippen LogP contribution in [-0.4, -0.2) is 21.6 Å². The molecule has 1 N–H and O–H groups in total. The standard InChI is InChI=1S/C20H15ClF3N3OS/c1-12-9-17(13-5-7-15(21)8-6-13)27-19(25-12)29-11-18(28)26-16-4-2-3-14(10-16)20(22,23)24/h2-10H,11H2,1H3,(H,26,28). The van der Waals surface area contributed by atoms with Gasteiger partial charge < -0.3 is 5.32 Å². The van der Waals surface area contributed by atoms with Crippen molar-refractivity contribution < 1.29 is 18.0 Å². The molecule has 0 aliphatic heterocycles. The van der Waals surface area contributed by atoms with Crippen molar-refractivity contribution in [3.05, 3.63) is 70.9 Å². The van der Waals surface area contributed by atoms with Gasteiger partial charge in [-0.15, -0.1) is 0 Å². The van der Waals surface area contributed by atoms with E-state index in [4.69, 9.17) is 11.6 Å². The number of benzene rings is 2. The maximum Gasteiger partial charge on any atom is 0.416 e. The van der Waals surface area contributed by atoms with Crippen molar-refractivity contribution in [2.75, 3.05) is 11.1 Å². The summed E-state index contributed by atoms with van der Waals surface area (Å²) < 4.78 is 38.3. The van der Waals surface area contributed by atoms with Crippen LogP contribution in [0.5, 0.6) is 0 Å². The van der Waals surface area contributed by atoms with E-state index in [-0.39, 0.29) is 11.4 Å². The fourth-order valence-corrected chi connectivity index (χ4v) is 3.30. The molecule has 0 aliphatic carbocycles. The van der Waals surface area contributed by atoms with E-state index in [0.29, 0.717) is 15.9 Å². The Bertz CT molecular complexity index is 1030. The van der Waals surface area contributed by atoms with Gasteiger partial charge in [-0.1, -0.05) is 41.6 Å². The first kappa shape index (κ1) is 21.1. The maximum absolute atomic E-state index is 12.8. The zero-order valence-electron chi connectivity index (χ0n) is 15.1. The van der Waals surface area contributed by atoms with Crippen molar-refractivity contribution in [1.82, 2.24) is 9.97 Å². The second kappa shape index (κ2) is 8.84. The number of nitrogens with one attached hydrogen (secondary N) is 1. The summed E-state index contributed by atoms with van der Waals surface area (Å²) >= 11 is 7.00. The quantitative estimate of drug-likeness (QED) is 0.401. The van der Waals surface area contributed by atoms with Gasteiger partial charge in [-0.2, -0.15) is 13.2 Å². The van der Waals surface area contributed by atoms with Crippen LogP contribution in [0.2, 0.25) is 5.02 Å². The largest absolute Gasteiger partial charge is 0.416 e. The predicted molar refractivity (Wildman–Crippen MR) is 108 cm³/mol. The summed E-state index contributed by atoms with van der Waals surface area (Å²) in [5.41, 5.74) is 1.53. The lowest BCUT2D eigenvalue weighted by molar-refractivity contribution is -0.137. The molecule has 0 aliphatic rings. The van der Waals surface area contributed by atoms with E-state index in [1.165, 1.54) is 12.1 Å². The van der Waals surface area contributed by atoms with Crippen molar-refractivity contribution in [2.45, 2.75) is 18.3 Å². The Morgan fingerprint density at radius 2 is 1.83 bits per heavy atom. The van der Waals surface area contributed by atoms with Crippen LogP contribution in [0.25, 0.3) is 11.3 Å². The first-order valence-corrected chi connectivity index (χ1v) is 9.78. The number of alkyl halides is 3. The minimum atomic E-state index is -4.47. The van der Waals surface area contributed by atoms with Gasteiger partial charge in [0.2, 0.25) is 5.91 Å². The molecule has 3 aromatic rings. The van der Waals surface area contributed by atoms with E-state index in [9.17, 15) is 18.0 Å². The number of carbonyl (C=O) groups is 1. The molecule has 9 heteroatoms. The van der Waals surface area contributed by atoms with E-state index in [2.05, 4.69) is 15.3 Å². The van der Waals surface area contributed by atoms with Gasteiger partial charge in [0.15, 0.2) is 5.16 Å². The molecule has 150 valence electrons. The number of aryl methyl sites for hydroxylation is 1. The van der Waals surface area contributed by atoms with Crippen LogP contribution >= 0.6 is 23.4 Å². The van der Waals surface area contributed by atoms with Gasteiger partial charge in [0.25, 0.3) is 0 Å². The number of hydrogen-bond acceptors (Lipinski definition) is 4. The van der Waals surface area contributed by atoms with Crippen LogP contribution in [0.4, 0.5) is 18.9 Å². The van der Waals surface area contributed by atoms with Crippen LogP contribution in [0.3, 0.4) is 0 Å². The first-order valence-electron chi connectivity index (χ1n) is 8.42. The lowest BCUT2D eigenvalue weighted by Crippen LogP contribution is -2.15. The molecule has 3 rings (SSSR count). The number of amides is 1. The normalized spacial score (nSPS) is 11.3. The van der Waals surface area contributed by atoms with Crippen LogP contribution in [0.15, 0.2) is 59.8 Å². The molecular formula is C20H15ClF3N3OS. The average molecular weight is 438 g/mol. The molecule has 0 atom stereocenters. The van der Waals surface area contributed by atoms with Gasteiger partial charge in [-0.25, -0.2) is 9.97 Å². The summed E-state index contributed by atoms with van der Waals surface area (Å²) in [6, 6.07) is 13.5. The molecule has 0 unspecified atom stereocenters. The highest BCUT2D eigenvalue weighted by molar-refractivity contribution is 7.99. The topological polar surface area (TPSA) is 54.9 Å². The highest BCUT2D eigenvalue weighted by Gasteiger charge is 2.30. The molecule has 1 aromatic heterocycles. The average Bonchev–Trinajstić information content (AvgIpc) is 2.66. The Labute approximate surface area is 174 Å². The fraction of sp³-hybridized carbons (Fsp3) is 0.150. The molecule has 1 heterocycles. The van der Waals surface area contributed by atoms with Crippen LogP contribution in [0, 0.1) is 6.92 Å². The summed E-state index contributed by atoms with van der Waals surface area (Å²) in [6.45, 7) is 1.81. The smallest absolute Gasteiger partial charge is 0.325 e. The Morgan fingerprint density at radius 3 is 2.52 bits per heavy atom. The zero-order valence-corrected chi connectivity index (χ0v) is 16.7. The third kappa shape index (κ3) is 5.95. The number of carbonyl (C=O) groups excluding carboxylic acids is 1. The number of hydrogen-bond donors (Lipinski definition) is 1. The van der Waals surface area contributed by atoms with Gasteiger partial charge in [-0.3, -0.25) is 4.79 Å². The summed E-state index contributed by atoms with van der Waals surface area (Å²) in [5, 5.41) is 3.47. The van der Waals surface area contributed by atoms with Crippen LogP contribution < -0.4 is 5.32 Å². The Balaban J connectivity index is 1.67. The van der Waals surface area contributed by atoms with E-state index in [1.54, 1.807) is 12.1 Å². The van der Waals surface area contributed by atoms with Crippen LogP contribution in [-0.2, 0) is 11.0 Å². The Kier molecular flexibility index (Phi) is 6.44. The van der Waals surface area contributed by atoms with Gasteiger partial charge >= 0.3 is 6.18 Å². The van der Waals surface area contributed by atoms with E-state index in [1.807, 2.05) is 25.1 Å². The number of halogens is 4. The lowest BCUT2D eigenvalue weighted by Gasteiger charge is -2.10. The molecule has 4 nitrogen and oxygen atoms in total. The molecule has 0 bridgehead atoms. The number of aromatic nitrogens is 2. The SMILES string of the molecule is Cc1cc(-c2ccc(Cl)cc2)nc(SCC(=O)Nc2cccc(C(F)(F)F)c2)n1. The van der Waals surface area contributed by atoms with E-state index >= 15 is 0 Å². The molecule has 0 fully saturated rings. The van der Waals surface area contributed by atoms with Crippen molar-refractivity contribution in [2.24, 2.45) is 0 Å². The van der Waals surface area contributed by atoms with Crippen molar-refractivity contribution >= 4 is 35.0 Å². The zero-order chi connectivity index (χ0) is 21.0. The monoisotopic (exact) mass is 437 g/mol. The van der Waals surface area contributed by atoms with Crippen LogP contribution in [0.1, 0.15) is 11.3 Å². The Morgan fingerprint density at radius 1 is 1.10 bits per heavy atom. The molecule has 0 radical (unpaired) electrons. The van der Waals surface area contributed by atoms with Gasteiger partial charge in [0.05, 0.1) is 17.0 Å². The number of nitrogens with zero attached hydrogens (tertiary/aromatic N) is 2. The second-order valence-electron chi connectivity index (χ2n) is 6.10. The highest BCUT2D eigenvalue weighted by atomic mass is 35.5. The van der Waals surface area contributed by atoms with E-state index < -0.39 is 17.6 Å². The summed E-state index contributed by atoms with van der Waals surface area (Å²) in [4.78, 5) is 20.9. The van der Waals surface area contributed by atoms with Gasteiger partial charge in [0.1, 0.15) is 0 Å². The van der Waals surface area contributed by atoms with Gasteiger partial charge in [-0.05, 0) is 43.3 Å². The second-order valence-corrected chi connectivity index (χ2v) is 7.48. The molecule has 0 spiro atoms. The third-order valence-corrected chi connectivity index (χ3v) is 4.88. The molecule has 0 saturated heterocycles. The highest BCUT2D eigenvalue weighted by Crippen LogP contribution is 2.30. The summed E-state index contributed by atoms with van der Waals surface area (Å²) in [6.07, 6.45) is -4.47. The van der Waals surface area contributed by atoms with Crippen molar-refractivity contribution in [3.63, 3.8) is 0 Å². The Hall–Kier alpha value is -2.58. The lowest BCUT2D eigenvalue weighted by atomic mass is 10.1. The van der Waals surface area contributed by atoms with Gasteiger partial charge in [0, 0.05) is 22.0 Å². The van der Waals surface area contributed by atoms with Crippen molar-refractivity contribution in [1.29, 1.82) is 0 Å². The molecule has 1 amide bonds. The molecular weight excluding hydrogens is 423 g/mol. The molecule has 29 heavy (non-hydrogen) atoms. The minimum Gasteiger partial charge on any atom is -0.325 e. The molecule has 0 saturated carbocycles. The van der Waals surface area contributed by atoms with E-state index in [0.717, 1.165) is 35.2 Å². The maximum atomic E-state index is 12.8. The first-order chi connectivity index (χ1) is 13.7.